The van der Waals surface area contributed by atoms with Crippen LogP contribution in [0, 0.1) is 10.7 Å². The molecule has 2 aromatic carbocycles. The molecule has 0 aliphatic rings. The summed E-state index contributed by atoms with van der Waals surface area (Å²) >= 11 is 6.80. The van der Waals surface area contributed by atoms with Gasteiger partial charge in [-0.15, -0.1) is 0 Å². The van der Waals surface area contributed by atoms with Gasteiger partial charge in [-0.3, -0.25) is 19.4 Å². The van der Waals surface area contributed by atoms with Crippen molar-refractivity contribution in [3.63, 3.8) is 0 Å². The average molecular weight is 890 g/mol. The van der Waals surface area contributed by atoms with Gasteiger partial charge in [0.1, 0.15) is 11.5 Å². The quantitative estimate of drug-likeness (QED) is 0.190. The lowest BCUT2D eigenvalue weighted by molar-refractivity contribution is -0.126. The number of hydrogen-bond donors (Lipinski definition) is 2. The van der Waals surface area contributed by atoms with Crippen LogP contribution in [0.1, 0.15) is 30.4 Å². The van der Waals surface area contributed by atoms with Gasteiger partial charge in [0.25, 0.3) is 0 Å². The Kier molecular flexibility index (Phi) is 15.8. The first-order valence-corrected chi connectivity index (χ1v) is 16.4. The monoisotopic (exact) mass is 890 g/mol. The molecule has 40 heavy (non-hydrogen) atoms. The van der Waals surface area contributed by atoms with Gasteiger partial charge in [-0.25, -0.2) is 0 Å². The maximum atomic E-state index is 13.0. The zero-order valence-corrected chi connectivity index (χ0v) is 30.6. The highest BCUT2D eigenvalue weighted by Crippen LogP contribution is 2.29. The largest absolute Gasteiger partial charge is 0.496 e. The van der Waals surface area contributed by atoms with Crippen molar-refractivity contribution in [3.8, 4) is 11.5 Å². The number of carbonyl (C=O) groups is 2. The minimum absolute atomic E-state index is 0.0285. The van der Waals surface area contributed by atoms with E-state index in [1.807, 2.05) is 50.1 Å². The van der Waals surface area contributed by atoms with Gasteiger partial charge in [-0.1, -0.05) is 6.07 Å². The van der Waals surface area contributed by atoms with Crippen molar-refractivity contribution >= 4 is 79.6 Å². The van der Waals surface area contributed by atoms with E-state index in [0.29, 0.717) is 25.9 Å². The highest BCUT2D eigenvalue weighted by molar-refractivity contribution is 14.1. The molecule has 2 N–H and O–H groups in total. The van der Waals surface area contributed by atoms with Crippen LogP contribution in [0.3, 0.4) is 0 Å². The molecule has 8 nitrogen and oxygen atoms in total. The molecule has 0 heterocycles. The van der Waals surface area contributed by atoms with Gasteiger partial charge in [0.2, 0.25) is 11.8 Å². The second kappa shape index (κ2) is 17.9. The predicted octanol–water partition coefficient (Wildman–Crippen LogP) is 4.57. The number of hydrogen-bond acceptors (Lipinski definition) is 6. The molecule has 0 aliphatic heterocycles. The summed E-state index contributed by atoms with van der Waals surface area (Å²) in [6.07, 6.45) is 3.91. The average Bonchev–Trinajstić information content (AvgIpc) is 2.89. The minimum atomic E-state index is -0.253. The number of amides is 2. The smallest absolute Gasteiger partial charge is 0.237 e. The third-order valence-electron chi connectivity index (χ3n) is 6.64. The van der Waals surface area contributed by atoms with Gasteiger partial charge in [0.05, 0.1) is 37.0 Å². The molecule has 0 saturated carbocycles. The Morgan fingerprint density at radius 2 is 1.20 bits per heavy atom. The van der Waals surface area contributed by atoms with E-state index in [9.17, 15) is 9.59 Å². The molecule has 0 aliphatic carbocycles. The SMILES string of the molecule is COc1ccc(C[C@@H](C(=O)NCCCCCNC(=O)[C@H](Cc2cc(I)c(OC)c(I)c2)N(C)C)N(C)C)cc1I. The fourth-order valence-corrected chi connectivity index (χ4v) is 7.45. The van der Waals surface area contributed by atoms with Crippen molar-refractivity contribution in [1.29, 1.82) is 0 Å². The summed E-state index contributed by atoms with van der Waals surface area (Å²) in [6.45, 7) is 1.23. The standard InChI is InChI=1S/C29H41I3N4O4/c1-35(2)24(17-19-10-11-26(39-5)21(30)14-19)28(37)33-12-8-7-9-13-34-29(38)25(36(3)4)18-20-15-22(31)27(40-6)23(32)16-20/h10-11,14-16,24-25H,7-9,12-13,17-18H2,1-6H3,(H,33,37)(H,34,38)/t24-,25-/m0/s1. The number of ether oxygens (including phenoxy) is 2. The molecule has 11 heteroatoms. The first-order valence-electron chi connectivity index (χ1n) is 13.2. The number of benzene rings is 2. The van der Waals surface area contributed by atoms with Gasteiger partial charge in [0.15, 0.2) is 0 Å². The van der Waals surface area contributed by atoms with Crippen LogP contribution in [-0.4, -0.2) is 89.2 Å². The predicted molar refractivity (Wildman–Crippen MR) is 186 cm³/mol. The summed E-state index contributed by atoms with van der Waals surface area (Å²) < 4.78 is 13.9. The van der Waals surface area contributed by atoms with Gasteiger partial charge >= 0.3 is 0 Å². The molecule has 222 valence electrons. The van der Waals surface area contributed by atoms with Crippen LogP contribution in [0.2, 0.25) is 0 Å². The van der Waals surface area contributed by atoms with E-state index in [1.54, 1.807) is 14.2 Å². The summed E-state index contributed by atoms with van der Waals surface area (Å²) in [6, 6.07) is 9.69. The molecule has 0 radical (unpaired) electrons. The molecule has 0 saturated heterocycles. The molecule has 0 fully saturated rings. The number of halogens is 3. The van der Waals surface area contributed by atoms with E-state index >= 15 is 0 Å². The number of unbranched alkanes of at least 4 members (excludes halogenated alkanes) is 2. The van der Waals surface area contributed by atoms with Crippen LogP contribution in [0.15, 0.2) is 30.3 Å². The van der Waals surface area contributed by atoms with Crippen LogP contribution in [-0.2, 0) is 22.4 Å². The van der Waals surface area contributed by atoms with E-state index in [1.165, 1.54) is 0 Å². The maximum absolute atomic E-state index is 13.0. The first kappa shape index (κ1) is 35.3. The van der Waals surface area contributed by atoms with Crippen molar-refractivity contribution in [3.05, 3.63) is 52.2 Å². The van der Waals surface area contributed by atoms with Crippen molar-refractivity contribution in [1.82, 2.24) is 20.4 Å². The lowest BCUT2D eigenvalue weighted by Gasteiger charge is -2.24. The topological polar surface area (TPSA) is 83.1 Å². The number of methoxy groups -OCH3 is 2. The Morgan fingerprint density at radius 3 is 1.62 bits per heavy atom. The zero-order valence-electron chi connectivity index (χ0n) is 24.2. The molecule has 2 amide bonds. The molecule has 0 aromatic heterocycles. The molecule has 0 unspecified atom stereocenters. The Bertz CT molecular complexity index is 1110. The van der Waals surface area contributed by atoms with Crippen LogP contribution < -0.4 is 20.1 Å². The lowest BCUT2D eigenvalue weighted by atomic mass is 10.0. The highest BCUT2D eigenvalue weighted by Gasteiger charge is 2.23. The Labute approximate surface area is 280 Å². The minimum Gasteiger partial charge on any atom is -0.496 e. The summed E-state index contributed by atoms with van der Waals surface area (Å²) in [4.78, 5) is 29.8. The number of carbonyl (C=O) groups excluding carboxylic acids is 2. The zero-order chi connectivity index (χ0) is 29.8. The summed E-state index contributed by atoms with van der Waals surface area (Å²) in [5.41, 5.74) is 2.21. The first-order chi connectivity index (χ1) is 19.0. The van der Waals surface area contributed by atoms with E-state index < -0.39 is 0 Å². The third kappa shape index (κ3) is 11.1. The van der Waals surface area contributed by atoms with E-state index in [2.05, 4.69) is 96.6 Å². The van der Waals surface area contributed by atoms with Crippen LogP contribution in [0.25, 0.3) is 0 Å². The number of rotatable bonds is 16. The van der Waals surface area contributed by atoms with Gasteiger partial charge in [-0.2, -0.15) is 0 Å². The van der Waals surface area contributed by atoms with Gasteiger partial charge in [0, 0.05) is 13.1 Å². The lowest BCUT2D eigenvalue weighted by Crippen LogP contribution is -2.45. The summed E-state index contributed by atoms with van der Waals surface area (Å²) in [5.74, 6) is 1.77. The molecular weight excluding hydrogens is 849 g/mol. The highest BCUT2D eigenvalue weighted by atomic mass is 127. The molecule has 2 atom stereocenters. The van der Waals surface area contributed by atoms with Crippen LogP contribution in [0.5, 0.6) is 11.5 Å². The number of likely N-dealkylation sites (N-methyl/N-ethyl adjacent to an activating group) is 2. The van der Waals surface area contributed by atoms with Crippen molar-refractivity contribution in [2.24, 2.45) is 0 Å². The van der Waals surface area contributed by atoms with E-state index in [4.69, 9.17) is 9.47 Å². The number of nitrogens with one attached hydrogen (secondary N) is 2. The van der Waals surface area contributed by atoms with E-state index in [-0.39, 0.29) is 23.9 Å². The molecular formula is C29H41I3N4O4. The fourth-order valence-electron chi connectivity index (χ4n) is 4.31. The number of nitrogens with zero attached hydrogens (tertiary/aromatic N) is 2. The van der Waals surface area contributed by atoms with E-state index in [0.717, 1.165) is 52.6 Å². The summed E-state index contributed by atoms with van der Waals surface area (Å²) in [7, 11) is 11.1. The molecule has 0 spiro atoms. The van der Waals surface area contributed by atoms with Gasteiger partial charge < -0.3 is 20.1 Å². The van der Waals surface area contributed by atoms with Crippen LogP contribution in [0.4, 0.5) is 0 Å². The molecule has 0 bridgehead atoms. The second-order valence-electron chi connectivity index (χ2n) is 10.1. The van der Waals surface area contributed by atoms with Crippen molar-refractivity contribution < 1.29 is 19.1 Å². The second-order valence-corrected chi connectivity index (χ2v) is 13.6. The molecule has 2 aromatic rings. The Balaban J connectivity index is 1.75. The third-order valence-corrected chi connectivity index (χ3v) is 9.09. The Hall–Kier alpha value is -0.910. The fraction of sp³-hybridized carbons (Fsp3) is 0.517. The van der Waals surface area contributed by atoms with Crippen molar-refractivity contribution in [2.75, 3.05) is 55.5 Å². The molecule has 2 rings (SSSR count). The maximum Gasteiger partial charge on any atom is 0.237 e. The summed E-state index contributed by atoms with van der Waals surface area (Å²) in [5, 5.41) is 6.18. The normalized spacial score (nSPS) is 12.8. The van der Waals surface area contributed by atoms with Gasteiger partial charge in [-0.05, 0) is 163 Å². The Morgan fingerprint density at radius 1 is 0.725 bits per heavy atom. The van der Waals surface area contributed by atoms with Crippen molar-refractivity contribution in [2.45, 2.75) is 44.2 Å². The van der Waals surface area contributed by atoms with Crippen LogP contribution >= 0.6 is 67.8 Å².